The molecule has 4 nitrogen and oxygen atoms in total. The Hall–Kier alpha value is -1.10. The lowest BCUT2D eigenvalue weighted by atomic mass is 9.85. The Labute approximate surface area is 115 Å². The van der Waals surface area contributed by atoms with Gasteiger partial charge in [0.25, 0.3) is 0 Å². The normalized spacial score (nSPS) is 23.1. The van der Waals surface area contributed by atoms with Crippen LogP contribution in [0.1, 0.15) is 18.4 Å². The van der Waals surface area contributed by atoms with Crippen LogP contribution in [0.5, 0.6) is 0 Å². The van der Waals surface area contributed by atoms with Crippen molar-refractivity contribution in [3.63, 3.8) is 0 Å². The Kier molecular flexibility index (Phi) is 3.01. The monoisotopic (exact) mass is 308 g/mol. The van der Waals surface area contributed by atoms with E-state index in [1.165, 1.54) is 18.4 Å². The van der Waals surface area contributed by atoms with E-state index in [9.17, 15) is 0 Å². The van der Waals surface area contributed by atoms with Crippen LogP contribution in [0.4, 0.5) is 5.82 Å². The summed E-state index contributed by atoms with van der Waals surface area (Å²) >= 11 is 3.65. The number of anilines is 1. The number of hydrogen-bond acceptors (Lipinski definition) is 3. The second-order valence-electron chi connectivity index (χ2n) is 5.24. The van der Waals surface area contributed by atoms with Crippen LogP contribution in [-0.2, 0) is 0 Å². The van der Waals surface area contributed by atoms with Crippen molar-refractivity contribution in [2.45, 2.75) is 24.6 Å². The summed E-state index contributed by atoms with van der Waals surface area (Å²) in [6.07, 6.45) is 4.16. The van der Waals surface area contributed by atoms with Crippen molar-refractivity contribution in [3.05, 3.63) is 24.0 Å². The first-order valence-electron chi connectivity index (χ1n) is 6.29. The Bertz CT molecular complexity index is 559. The third-order valence-electron chi connectivity index (χ3n) is 3.61. The van der Waals surface area contributed by atoms with Gasteiger partial charge < -0.3 is 4.90 Å². The number of rotatable bonds is 3. The molecule has 0 bridgehead atoms. The highest BCUT2D eigenvalue weighted by molar-refractivity contribution is 9.09. The largest absolute Gasteiger partial charge is 0.359 e. The average Bonchev–Trinajstić information content (AvgIpc) is 2.73. The third kappa shape index (κ3) is 2.11. The van der Waals surface area contributed by atoms with Crippen LogP contribution in [-0.4, -0.2) is 33.0 Å². The van der Waals surface area contributed by atoms with Crippen LogP contribution in [0.3, 0.4) is 0 Å². The van der Waals surface area contributed by atoms with Crippen molar-refractivity contribution < 1.29 is 0 Å². The van der Waals surface area contributed by atoms with Gasteiger partial charge in [-0.25, -0.2) is 4.98 Å². The van der Waals surface area contributed by atoms with Gasteiger partial charge in [-0.3, -0.25) is 0 Å². The highest BCUT2D eigenvalue weighted by atomic mass is 79.9. The molecule has 0 atom stereocenters. The Morgan fingerprint density at radius 2 is 2.22 bits per heavy atom. The summed E-state index contributed by atoms with van der Waals surface area (Å²) in [5.41, 5.74) is 2.15. The minimum absolute atomic E-state index is 0.722. The number of alkyl halides is 1. The second kappa shape index (κ2) is 4.53. The van der Waals surface area contributed by atoms with Crippen LogP contribution in [0.2, 0.25) is 0 Å². The minimum atomic E-state index is 0.722. The molecule has 2 heterocycles. The van der Waals surface area contributed by atoms with Gasteiger partial charge in [0, 0.05) is 18.4 Å². The molecule has 2 aromatic heterocycles. The topological polar surface area (TPSA) is 33.4 Å². The molecule has 1 aliphatic rings. The molecule has 0 N–H and O–H groups in total. The van der Waals surface area contributed by atoms with E-state index in [0.29, 0.717) is 0 Å². The van der Waals surface area contributed by atoms with E-state index in [-0.39, 0.29) is 0 Å². The lowest BCUT2D eigenvalue weighted by molar-refractivity contribution is 0.338. The summed E-state index contributed by atoms with van der Waals surface area (Å²) in [5, 5.41) is 4.30. The van der Waals surface area contributed by atoms with Crippen molar-refractivity contribution >= 4 is 27.4 Å². The van der Waals surface area contributed by atoms with Crippen LogP contribution in [0.25, 0.3) is 5.65 Å². The maximum absolute atomic E-state index is 4.30. The number of aryl methyl sites for hydroxylation is 1. The number of aromatic nitrogens is 3. The molecule has 0 aliphatic heterocycles. The number of hydrogen-bond donors (Lipinski definition) is 0. The molecule has 2 aromatic rings. The van der Waals surface area contributed by atoms with E-state index in [2.05, 4.69) is 57.0 Å². The molecule has 1 aliphatic carbocycles. The van der Waals surface area contributed by atoms with Gasteiger partial charge >= 0.3 is 0 Å². The fraction of sp³-hybridized carbons (Fsp3) is 0.538. The van der Waals surface area contributed by atoms with Crippen LogP contribution in [0.15, 0.2) is 18.5 Å². The predicted octanol–water partition coefficient (Wildman–Crippen LogP) is 2.65. The van der Waals surface area contributed by atoms with Gasteiger partial charge in [-0.15, -0.1) is 0 Å². The van der Waals surface area contributed by atoms with Gasteiger partial charge in [0.15, 0.2) is 5.65 Å². The average molecular weight is 309 g/mol. The van der Waals surface area contributed by atoms with Gasteiger partial charge in [0.05, 0.1) is 0 Å². The molecule has 0 amide bonds. The summed E-state index contributed by atoms with van der Waals surface area (Å²) in [7, 11) is 2.14. The zero-order valence-electron chi connectivity index (χ0n) is 10.7. The zero-order valence-corrected chi connectivity index (χ0v) is 12.3. The summed E-state index contributed by atoms with van der Waals surface area (Å²) < 4.78 is 1.91. The van der Waals surface area contributed by atoms with Crippen molar-refractivity contribution in [2.75, 3.05) is 18.5 Å². The molecule has 0 aromatic carbocycles. The third-order valence-corrected chi connectivity index (χ3v) is 4.35. The molecule has 0 saturated heterocycles. The van der Waals surface area contributed by atoms with E-state index in [0.717, 1.165) is 28.8 Å². The first kappa shape index (κ1) is 12.0. The lowest BCUT2D eigenvalue weighted by Crippen LogP contribution is -2.35. The first-order chi connectivity index (χ1) is 8.63. The summed E-state index contributed by atoms with van der Waals surface area (Å²) in [4.78, 5) is 7.28. The van der Waals surface area contributed by atoms with Crippen molar-refractivity contribution in [3.8, 4) is 0 Å². The van der Waals surface area contributed by atoms with Crippen molar-refractivity contribution in [1.29, 1.82) is 0 Å². The first-order valence-corrected chi connectivity index (χ1v) is 7.20. The maximum Gasteiger partial charge on any atom is 0.157 e. The Morgan fingerprint density at radius 1 is 1.44 bits per heavy atom. The molecule has 0 spiro atoms. The molecule has 0 radical (unpaired) electrons. The van der Waals surface area contributed by atoms with Crippen molar-refractivity contribution in [2.24, 2.45) is 5.92 Å². The molecule has 3 rings (SSSR count). The smallest absolute Gasteiger partial charge is 0.157 e. The van der Waals surface area contributed by atoms with Crippen LogP contribution < -0.4 is 4.90 Å². The lowest BCUT2D eigenvalue weighted by Gasteiger charge is -2.35. The maximum atomic E-state index is 4.30. The highest BCUT2D eigenvalue weighted by Gasteiger charge is 2.28. The SMILES string of the molecule is Cc1cc(N(C)CC2CC(Br)C2)n2ncnc2c1. The number of fused-ring (bicyclic) bond motifs is 1. The number of pyridine rings is 1. The van der Waals surface area contributed by atoms with Gasteiger partial charge in [-0.2, -0.15) is 9.61 Å². The molecule has 1 saturated carbocycles. The molecule has 1 fully saturated rings. The standard InChI is InChI=1S/C13H17BrN4/c1-9-3-12-15-8-16-18(12)13(4-9)17(2)7-10-5-11(14)6-10/h3-4,8,10-11H,5-7H2,1-2H3. The van der Waals surface area contributed by atoms with E-state index in [1.54, 1.807) is 6.33 Å². The minimum Gasteiger partial charge on any atom is -0.359 e. The van der Waals surface area contributed by atoms with E-state index in [1.807, 2.05) is 4.52 Å². The van der Waals surface area contributed by atoms with Crippen molar-refractivity contribution in [1.82, 2.24) is 14.6 Å². The van der Waals surface area contributed by atoms with E-state index < -0.39 is 0 Å². The van der Waals surface area contributed by atoms with Crippen LogP contribution >= 0.6 is 15.9 Å². The number of halogens is 1. The summed E-state index contributed by atoms with van der Waals surface area (Å²) in [5.74, 6) is 1.92. The van der Waals surface area contributed by atoms with E-state index >= 15 is 0 Å². The fourth-order valence-electron chi connectivity index (χ4n) is 2.59. The molecular formula is C13H17BrN4. The Morgan fingerprint density at radius 3 is 2.94 bits per heavy atom. The van der Waals surface area contributed by atoms with Gasteiger partial charge in [0.1, 0.15) is 12.1 Å². The quantitative estimate of drug-likeness (QED) is 0.817. The molecule has 18 heavy (non-hydrogen) atoms. The molecular weight excluding hydrogens is 292 g/mol. The molecule has 0 unspecified atom stereocenters. The van der Waals surface area contributed by atoms with Gasteiger partial charge in [0.2, 0.25) is 0 Å². The highest BCUT2D eigenvalue weighted by Crippen LogP contribution is 2.34. The number of nitrogens with zero attached hydrogens (tertiary/aromatic N) is 4. The predicted molar refractivity (Wildman–Crippen MR) is 76.4 cm³/mol. The zero-order chi connectivity index (χ0) is 12.7. The Balaban J connectivity index is 1.86. The second-order valence-corrected chi connectivity index (χ2v) is 6.53. The van der Waals surface area contributed by atoms with Crippen LogP contribution in [0, 0.1) is 12.8 Å². The summed E-state index contributed by atoms with van der Waals surface area (Å²) in [6.45, 7) is 3.18. The molecule has 96 valence electrons. The van der Waals surface area contributed by atoms with Gasteiger partial charge in [-0.05, 0) is 43.4 Å². The fourth-order valence-corrected chi connectivity index (χ4v) is 3.65. The van der Waals surface area contributed by atoms with Gasteiger partial charge in [-0.1, -0.05) is 15.9 Å². The summed E-state index contributed by atoms with van der Waals surface area (Å²) in [6, 6.07) is 4.23. The van der Waals surface area contributed by atoms with E-state index in [4.69, 9.17) is 0 Å². The molecule has 5 heteroatoms.